The standard InChI is InChI=1S/C71H52N2/c1-3-49-25-29-51(30-26-49)47-71(48-52-31-27-50(4-2)28-32-52)67-45-59(41-43-63(67)64-44-42-60(46-68(64)71)73-69-23-12-10-20-65(69)66-21-11-13-24-70(66)73)72(57-37-33-54(34-38-57)53-15-6-5-7-16-53)58-39-35-56(36-40-58)62-22-14-18-55-17-8-9-19-61(55)62/h3-46H,1-2,47-48H2. The van der Waals surface area contributed by atoms with E-state index in [2.05, 4.69) is 277 Å². The molecule has 346 valence electrons. The van der Waals surface area contributed by atoms with Gasteiger partial charge in [0.1, 0.15) is 0 Å². The van der Waals surface area contributed by atoms with Crippen LogP contribution < -0.4 is 4.90 Å². The van der Waals surface area contributed by atoms with Crippen LogP contribution in [0, 0.1) is 0 Å². The molecule has 0 saturated carbocycles. The molecule has 12 aromatic rings. The summed E-state index contributed by atoms with van der Waals surface area (Å²) in [4.78, 5) is 2.44. The van der Waals surface area contributed by atoms with Gasteiger partial charge in [-0.1, -0.05) is 219 Å². The maximum Gasteiger partial charge on any atom is 0.0541 e. The molecule has 2 heteroatoms. The third-order valence-corrected chi connectivity index (χ3v) is 15.3. The summed E-state index contributed by atoms with van der Waals surface area (Å²) in [6.45, 7) is 8.20. The fourth-order valence-corrected chi connectivity index (χ4v) is 11.8. The lowest BCUT2D eigenvalue weighted by molar-refractivity contribution is 0.520. The van der Waals surface area contributed by atoms with E-state index in [9.17, 15) is 0 Å². The zero-order valence-electron chi connectivity index (χ0n) is 40.6. The minimum atomic E-state index is -0.470. The van der Waals surface area contributed by atoms with Gasteiger partial charge in [0.05, 0.1) is 11.0 Å². The number of anilines is 3. The topological polar surface area (TPSA) is 8.17 Å². The molecule has 1 heterocycles. The van der Waals surface area contributed by atoms with Crippen LogP contribution in [0.25, 0.3) is 83.8 Å². The third kappa shape index (κ3) is 7.67. The Labute approximate surface area is 427 Å². The monoisotopic (exact) mass is 932 g/mol. The molecule has 0 spiro atoms. The number of nitrogens with zero attached hydrogens (tertiary/aromatic N) is 2. The zero-order chi connectivity index (χ0) is 48.9. The number of para-hydroxylation sites is 2. The van der Waals surface area contributed by atoms with Crippen molar-refractivity contribution in [2.45, 2.75) is 18.3 Å². The van der Waals surface area contributed by atoms with Gasteiger partial charge in [-0.05, 0) is 151 Å². The molecule has 2 nitrogen and oxygen atoms in total. The lowest BCUT2D eigenvalue weighted by atomic mass is 9.69. The van der Waals surface area contributed by atoms with Crippen molar-refractivity contribution in [3.8, 4) is 39.1 Å². The van der Waals surface area contributed by atoms with E-state index in [-0.39, 0.29) is 0 Å². The highest BCUT2D eigenvalue weighted by Crippen LogP contribution is 2.55. The number of fused-ring (bicyclic) bond motifs is 7. The van der Waals surface area contributed by atoms with Crippen LogP contribution in [0.15, 0.2) is 268 Å². The van der Waals surface area contributed by atoms with Crippen LogP contribution in [0.3, 0.4) is 0 Å². The van der Waals surface area contributed by atoms with Crippen molar-refractivity contribution in [2.24, 2.45) is 0 Å². The Hall–Kier alpha value is -9.24. The van der Waals surface area contributed by atoms with Gasteiger partial charge >= 0.3 is 0 Å². The van der Waals surface area contributed by atoms with Gasteiger partial charge in [0, 0.05) is 38.9 Å². The fraction of sp³-hybridized carbons (Fsp3) is 0.0423. The van der Waals surface area contributed by atoms with Crippen molar-refractivity contribution >= 4 is 61.8 Å². The van der Waals surface area contributed by atoms with Gasteiger partial charge in [0.25, 0.3) is 0 Å². The molecule has 0 atom stereocenters. The van der Waals surface area contributed by atoms with Gasteiger partial charge in [-0.3, -0.25) is 0 Å². The first kappa shape index (κ1) is 43.8. The molecular weight excluding hydrogens is 881 g/mol. The molecule has 0 N–H and O–H groups in total. The molecule has 11 aromatic carbocycles. The molecule has 0 amide bonds. The van der Waals surface area contributed by atoms with E-state index in [0.29, 0.717) is 0 Å². The molecule has 1 aromatic heterocycles. The predicted octanol–water partition coefficient (Wildman–Crippen LogP) is 18.8. The van der Waals surface area contributed by atoms with Gasteiger partial charge in [0.15, 0.2) is 0 Å². The van der Waals surface area contributed by atoms with Crippen molar-refractivity contribution in [1.29, 1.82) is 0 Å². The maximum atomic E-state index is 4.10. The number of benzene rings is 11. The number of rotatable bonds is 12. The highest BCUT2D eigenvalue weighted by atomic mass is 15.1. The lowest BCUT2D eigenvalue weighted by Crippen LogP contribution is -2.31. The maximum absolute atomic E-state index is 4.10. The van der Waals surface area contributed by atoms with Crippen LogP contribution in [-0.4, -0.2) is 4.57 Å². The summed E-state index contributed by atoms with van der Waals surface area (Å²) in [6.07, 6.45) is 5.44. The Kier molecular flexibility index (Phi) is 10.9. The second-order valence-electron chi connectivity index (χ2n) is 19.5. The number of aromatic nitrogens is 1. The van der Waals surface area contributed by atoms with E-state index < -0.39 is 5.41 Å². The number of hydrogen-bond donors (Lipinski definition) is 0. The van der Waals surface area contributed by atoms with E-state index in [1.807, 2.05) is 12.2 Å². The average Bonchev–Trinajstić information content (AvgIpc) is 3.93. The SMILES string of the molecule is C=Cc1ccc(CC2(Cc3ccc(C=C)cc3)c3cc(N(c4ccc(-c5ccccc5)cc4)c4ccc(-c5cccc6ccccc56)cc4)ccc3-c3ccc(-n4c5ccccc5c5ccccc54)cc32)cc1. The van der Waals surface area contributed by atoms with Crippen molar-refractivity contribution in [3.05, 3.63) is 301 Å². The lowest BCUT2D eigenvalue weighted by Gasteiger charge is -2.34. The van der Waals surface area contributed by atoms with Crippen molar-refractivity contribution in [2.75, 3.05) is 4.90 Å². The molecule has 0 radical (unpaired) electrons. The summed E-state index contributed by atoms with van der Waals surface area (Å²) in [6, 6.07) is 94.2. The van der Waals surface area contributed by atoms with E-state index in [4.69, 9.17) is 0 Å². The normalized spacial score (nSPS) is 12.4. The summed E-state index contributed by atoms with van der Waals surface area (Å²) in [5.74, 6) is 0. The van der Waals surface area contributed by atoms with E-state index in [0.717, 1.165) is 46.7 Å². The van der Waals surface area contributed by atoms with Gasteiger partial charge < -0.3 is 9.47 Å². The second kappa shape index (κ2) is 18.2. The molecule has 13 rings (SSSR count). The van der Waals surface area contributed by atoms with Crippen LogP contribution in [0.2, 0.25) is 0 Å². The zero-order valence-corrected chi connectivity index (χ0v) is 40.6. The minimum Gasteiger partial charge on any atom is -0.310 e. The molecule has 0 aliphatic heterocycles. The summed E-state index contributed by atoms with van der Waals surface area (Å²) in [5.41, 5.74) is 21.1. The van der Waals surface area contributed by atoms with Crippen molar-refractivity contribution in [1.82, 2.24) is 4.57 Å². The molecular formula is C71H52N2. The summed E-state index contributed by atoms with van der Waals surface area (Å²) >= 11 is 0. The highest BCUT2D eigenvalue weighted by Gasteiger charge is 2.44. The first-order valence-corrected chi connectivity index (χ1v) is 25.3. The Morgan fingerprint density at radius 2 is 0.849 bits per heavy atom. The molecule has 0 bridgehead atoms. The third-order valence-electron chi connectivity index (χ3n) is 15.3. The Morgan fingerprint density at radius 1 is 0.370 bits per heavy atom. The van der Waals surface area contributed by atoms with E-state index >= 15 is 0 Å². The van der Waals surface area contributed by atoms with Gasteiger partial charge in [-0.2, -0.15) is 0 Å². The molecule has 0 unspecified atom stereocenters. The predicted molar refractivity (Wildman–Crippen MR) is 311 cm³/mol. The van der Waals surface area contributed by atoms with Gasteiger partial charge in [-0.25, -0.2) is 0 Å². The molecule has 1 aliphatic rings. The summed E-state index contributed by atoms with van der Waals surface area (Å²) < 4.78 is 2.46. The highest BCUT2D eigenvalue weighted by molar-refractivity contribution is 6.09. The van der Waals surface area contributed by atoms with Crippen molar-refractivity contribution in [3.63, 3.8) is 0 Å². The van der Waals surface area contributed by atoms with E-state index in [1.165, 1.54) is 88.2 Å². The number of hydrogen-bond acceptors (Lipinski definition) is 1. The van der Waals surface area contributed by atoms with Gasteiger partial charge in [-0.15, -0.1) is 0 Å². The summed E-state index contributed by atoms with van der Waals surface area (Å²) in [7, 11) is 0. The smallest absolute Gasteiger partial charge is 0.0541 e. The Balaban J connectivity index is 1.03. The Morgan fingerprint density at radius 3 is 1.45 bits per heavy atom. The Bertz CT molecular complexity index is 3920. The van der Waals surface area contributed by atoms with Gasteiger partial charge in [0.2, 0.25) is 0 Å². The molecule has 0 fully saturated rings. The van der Waals surface area contributed by atoms with Crippen molar-refractivity contribution < 1.29 is 0 Å². The van der Waals surface area contributed by atoms with Crippen LogP contribution in [-0.2, 0) is 18.3 Å². The minimum absolute atomic E-state index is 0.470. The van der Waals surface area contributed by atoms with Crippen LogP contribution >= 0.6 is 0 Å². The van der Waals surface area contributed by atoms with Crippen LogP contribution in [0.1, 0.15) is 33.4 Å². The van der Waals surface area contributed by atoms with Crippen LogP contribution in [0.5, 0.6) is 0 Å². The summed E-state index contributed by atoms with van der Waals surface area (Å²) in [5, 5.41) is 5.00. The first-order valence-electron chi connectivity index (χ1n) is 25.3. The fourth-order valence-electron chi connectivity index (χ4n) is 11.8. The molecule has 73 heavy (non-hydrogen) atoms. The molecule has 1 aliphatic carbocycles. The first-order chi connectivity index (χ1) is 36.0. The molecule has 0 saturated heterocycles. The second-order valence-corrected chi connectivity index (χ2v) is 19.5. The largest absolute Gasteiger partial charge is 0.310 e. The van der Waals surface area contributed by atoms with E-state index in [1.54, 1.807) is 0 Å². The quantitative estimate of drug-likeness (QED) is 0.119. The average molecular weight is 933 g/mol. The van der Waals surface area contributed by atoms with Crippen LogP contribution in [0.4, 0.5) is 17.1 Å².